The summed E-state index contributed by atoms with van der Waals surface area (Å²) in [7, 11) is 3.21. The van der Waals surface area contributed by atoms with Crippen molar-refractivity contribution in [3.8, 4) is 11.5 Å². The molecule has 0 saturated heterocycles. The van der Waals surface area contributed by atoms with Crippen molar-refractivity contribution >= 4 is 39.2 Å². The zero-order valence-electron chi connectivity index (χ0n) is 16.2. The van der Waals surface area contributed by atoms with E-state index in [1.165, 1.54) is 0 Å². The summed E-state index contributed by atoms with van der Waals surface area (Å²) in [5, 5.41) is -0.129. The highest BCUT2D eigenvalue weighted by atomic mass is 79.9. The average Bonchev–Trinajstić information content (AvgIpc) is 2.74. The summed E-state index contributed by atoms with van der Waals surface area (Å²) < 4.78 is 11.7. The first-order valence-corrected chi connectivity index (χ1v) is 10.7. The van der Waals surface area contributed by atoms with E-state index in [9.17, 15) is 4.79 Å². The number of thioether (sulfide) groups is 1. The first-order chi connectivity index (χ1) is 14.0. The molecule has 0 heterocycles. The Bertz CT molecular complexity index is 992. The highest BCUT2D eigenvalue weighted by molar-refractivity contribution is 9.10. The monoisotopic (exact) mass is 471 g/mol. The molecule has 150 valence electrons. The van der Waals surface area contributed by atoms with Crippen LogP contribution in [-0.4, -0.2) is 20.0 Å². The number of nitrogens with two attached hydrogens (primary N) is 1. The van der Waals surface area contributed by atoms with Crippen molar-refractivity contribution in [2.45, 2.75) is 16.6 Å². The second-order valence-corrected chi connectivity index (χ2v) is 8.55. The van der Waals surface area contributed by atoms with Crippen LogP contribution in [0.2, 0.25) is 0 Å². The van der Waals surface area contributed by atoms with E-state index in [1.54, 1.807) is 26.0 Å². The van der Waals surface area contributed by atoms with Crippen molar-refractivity contribution in [2.75, 3.05) is 20.0 Å². The lowest BCUT2D eigenvalue weighted by Gasteiger charge is -2.19. The van der Waals surface area contributed by atoms with E-state index in [2.05, 4.69) is 15.9 Å². The smallest absolute Gasteiger partial charge is 0.164 e. The fourth-order valence-corrected chi connectivity index (χ4v) is 4.39. The second kappa shape index (κ2) is 9.85. The maximum atomic E-state index is 13.0. The minimum Gasteiger partial charge on any atom is -0.493 e. The summed E-state index contributed by atoms with van der Waals surface area (Å²) in [4.78, 5) is 13.9. The Morgan fingerprint density at radius 1 is 1.00 bits per heavy atom. The van der Waals surface area contributed by atoms with E-state index in [0.717, 1.165) is 14.9 Å². The van der Waals surface area contributed by atoms with E-state index < -0.39 is 0 Å². The third-order valence-corrected chi connectivity index (χ3v) is 6.38. The molecule has 29 heavy (non-hydrogen) atoms. The van der Waals surface area contributed by atoms with Gasteiger partial charge in [0.1, 0.15) is 0 Å². The Balaban J connectivity index is 1.94. The van der Waals surface area contributed by atoms with Gasteiger partial charge in [-0.05, 0) is 42.0 Å². The molecule has 0 amide bonds. The Labute approximate surface area is 183 Å². The molecule has 0 aliphatic carbocycles. The Morgan fingerprint density at radius 2 is 1.69 bits per heavy atom. The van der Waals surface area contributed by atoms with Crippen molar-refractivity contribution in [3.05, 3.63) is 82.3 Å². The number of ether oxygens (including phenoxy) is 2. The topological polar surface area (TPSA) is 61.5 Å². The molecule has 0 spiro atoms. The molecule has 0 aliphatic heterocycles. The minimum atomic E-state index is -0.129. The summed E-state index contributed by atoms with van der Waals surface area (Å²) >= 11 is 4.98. The number of para-hydroxylation sites is 1. The maximum Gasteiger partial charge on any atom is 0.164 e. The van der Waals surface area contributed by atoms with Crippen molar-refractivity contribution in [1.29, 1.82) is 0 Å². The lowest BCUT2D eigenvalue weighted by atomic mass is 10.0. The van der Waals surface area contributed by atoms with Gasteiger partial charge < -0.3 is 15.2 Å². The normalized spacial score (nSPS) is 11.7. The van der Waals surface area contributed by atoms with Gasteiger partial charge in [0.2, 0.25) is 0 Å². The fourth-order valence-electron chi connectivity index (χ4n) is 2.94. The molecule has 3 aromatic rings. The molecule has 3 aromatic carbocycles. The molecule has 0 aliphatic rings. The van der Waals surface area contributed by atoms with Gasteiger partial charge in [-0.15, -0.1) is 11.8 Å². The number of Topliss-reactive ketones (excluding diaryl/α,β-unsaturated/α-hetero) is 1. The van der Waals surface area contributed by atoms with Crippen LogP contribution < -0.4 is 15.2 Å². The minimum absolute atomic E-state index is 0.0688. The van der Waals surface area contributed by atoms with Crippen LogP contribution in [0.3, 0.4) is 0 Å². The number of rotatable bonds is 8. The first kappa shape index (κ1) is 21.3. The number of ketones is 1. The van der Waals surface area contributed by atoms with Crippen molar-refractivity contribution in [1.82, 2.24) is 0 Å². The van der Waals surface area contributed by atoms with Crippen LogP contribution in [0.5, 0.6) is 11.5 Å². The van der Waals surface area contributed by atoms with Crippen molar-refractivity contribution in [2.24, 2.45) is 0 Å². The Kier molecular flexibility index (Phi) is 7.23. The van der Waals surface area contributed by atoms with Gasteiger partial charge in [-0.2, -0.15) is 0 Å². The SMILES string of the molecule is COc1ccc(C(CC(=O)c2ccc(Br)cc2)Sc2ccccc2N)cc1OC. The number of carbonyl (C=O) groups excluding carboxylic acids is 1. The third kappa shape index (κ3) is 5.34. The van der Waals surface area contributed by atoms with Crippen LogP contribution in [0.1, 0.15) is 27.6 Å². The molecular weight excluding hydrogens is 450 g/mol. The lowest BCUT2D eigenvalue weighted by molar-refractivity contribution is 0.0982. The number of hydrogen-bond acceptors (Lipinski definition) is 5. The lowest BCUT2D eigenvalue weighted by Crippen LogP contribution is -2.06. The molecule has 3 rings (SSSR count). The van der Waals surface area contributed by atoms with Crippen LogP contribution >= 0.6 is 27.7 Å². The number of halogens is 1. The zero-order valence-corrected chi connectivity index (χ0v) is 18.6. The van der Waals surface area contributed by atoms with Gasteiger partial charge in [-0.1, -0.05) is 46.3 Å². The van der Waals surface area contributed by atoms with E-state index in [0.29, 0.717) is 29.2 Å². The molecule has 4 nitrogen and oxygen atoms in total. The highest BCUT2D eigenvalue weighted by Gasteiger charge is 2.21. The van der Waals surface area contributed by atoms with Gasteiger partial charge in [-0.25, -0.2) is 0 Å². The van der Waals surface area contributed by atoms with Crippen LogP contribution in [0, 0.1) is 0 Å². The van der Waals surface area contributed by atoms with Crippen LogP contribution in [0.25, 0.3) is 0 Å². The Morgan fingerprint density at radius 3 is 2.34 bits per heavy atom. The highest BCUT2D eigenvalue weighted by Crippen LogP contribution is 2.43. The predicted molar refractivity (Wildman–Crippen MR) is 122 cm³/mol. The molecule has 0 bridgehead atoms. The molecule has 6 heteroatoms. The predicted octanol–water partition coefficient (Wildman–Crippen LogP) is 6.15. The number of hydrogen-bond donors (Lipinski definition) is 1. The molecule has 1 unspecified atom stereocenters. The van der Waals surface area contributed by atoms with Gasteiger partial charge in [0.25, 0.3) is 0 Å². The molecule has 1 atom stereocenters. The molecule has 0 radical (unpaired) electrons. The van der Waals surface area contributed by atoms with Gasteiger partial charge >= 0.3 is 0 Å². The fraction of sp³-hybridized carbons (Fsp3) is 0.174. The summed E-state index contributed by atoms with van der Waals surface area (Å²) in [6, 6.07) is 20.8. The summed E-state index contributed by atoms with van der Waals surface area (Å²) in [5.74, 6) is 1.35. The number of carbonyl (C=O) groups is 1. The second-order valence-electron chi connectivity index (χ2n) is 6.39. The summed E-state index contributed by atoms with van der Waals surface area (Å²) in [6.07, 6.45) is 0.329. The zero-order chi connectivity index (χ0) is 20.8. The molecule has 0 saturated carbocycles. The molecule has 2 N–H and O–H groups in total. The number of benzene rings is 3. The van der Waals surface area contributed by atoms with Gasteiger partial charge in [0.15, 0.2) is 17.3 Å². The van der Waals surface area contributed by atoms with Gasteiger partial charge in [0.05, 0.1) is 14.2 Å². The summed E-state index contributed by atoms with van der Waals surface area (Å²) in [6.45, 7) is 0. The molecular formula is C23H22BrNO3S. The third-order valence-electron chi connectivity index (χ3n) is 4.50. The largest absolute Gasteiger partial charge is 0.493 e. The van der Waals surface area contributed by atoms with Crippen molar-refractivity contribution in [3.63, 3.8) is 0 Å². The summed E-state index contributed by atoms with van der Waals surface area (Å²) in [5.41, 5.74) is 8.50. The molecule has 0 aromatic heterocycles. The number of nitrogen functional groups attached to an aromatic ring is 1. The maximum absolute atomic E-state index is 13.0. The number of anilines is 1. The van der Waals surface area contributed by atoms with Gasteiger partial charge in [-0.3, -0.25) is 4.79 Å². The van der Waals surface area contributed by atoms with E-state index >= 15 is 0 Å². The van der Waals surface area contributed by atoms with Crippen molar-refractivity contribution < 1.29 is 14.3 Å². The van der Waals surface area contributed by atoms with Gasteiger partial charge in [0, 0.05) is 32.3 Å². The average molecular weight is 472 g/mol. The Hall–Kier alpha value is -2.44. The van der Waals surface area contributed by atoms with Crippen LogP contribution in [0.15, 0.2) is 76.1 Å². The quantitative estimate of drug-likeness (QED) is 0.242. The number of methoxy groups -OCH3 is 2. The van der Waals surface area contributed by atoms with E-state index in [1.807, 2.05) is 66.7 Å². The van der Waals surface area contributed by atoms with E-state index in [-0.39, 0.29) is 11.0 Å². The first-order valence-electron chi connectivity index (χ1n) is 9.03. The molecule has 0 fully saturated rings. The van der Waals surface area contributed by atoms with Crippen LogP contribution in [0.4, 0.5) is 5.69 Å². The standard InChI is InChI=1S/C23H22BrNO3S/c1-27-20-12-9-16(13-21(20)28-2)23(29-22-6-4-3-5-18(22)25)14-19(26)15-7-10-17(24)11-8-15/h3-13,23H,14,25H2,1-2H3. The van der Waals surface area contributed by atoms with Crippen LogP contribution in [-0.2, 0) is 0 Å². The van der Waals surface area contributed by atoms with E-state index in [4.69, 9.17) is 15.2 Å².